The van der Waals surface area contributed by atoms with Crippen LogP contribution in [0.1, 0.15) is 5.69 Å². The number of hydrogen-bond acceptors (Lipinski definition) is 5. The van der Waals surface area contributed by atoms with Gasteiger partial charge in [-0.05, 0) is 12.1 Å². The second-order valence-corrected chi connectivity index (χ2v) is 3.58. The van der Waals surface area contributed by atoms with E-state index in [1.807, 2.05) is 23.5 Å². The molecule has 1 aliphatic rings. The molecule has 1 aromatic heterocycles. The number of aliphatic imine (C=N–C) groups is 1. The number of aliphatic hydroxyl groups is 1. The van der Waals surface area contributed by atoms with E-state index >= 15 is 0 Å². The van der Waals surface area contributed by atoms with Gasteiger partial charge in [0.1, 0.15) is 6.54 Å². The van der Waals surface area contributed by atoms with Gasteiger partial charge in [0, 0.05) is 6.20 Å². The van der Waals surface area contributed by atoms with Crippen LogP contribution in [0, 0.1) is 0 Å². The van der Waals surface area contributed by atoms with E-state index in [0.717, 1.165) is 24.7 Å². The van der Waals surface area contributed by atoms with Crippen LogP contribution in [0.3, 0.4) is 0 Å². The number of halogens is 1. The van der Waals surface area contributed by atoms with Crippen LogP contribution in [0.4, 0.5) is 0 Å². The van der Waals surface area contributed by atoms with Crippen molar-refractivity contribution >= 4 is 12.2 Å². The van der Waals surface area contributed by atoms with Crippen molar-refractivity contribution in [2.24, 2.45) is 10.1 Å². The zero-order valence-electron chi connectivity index (χ0n) is 9.91. The third-order valence-corrected chi connectivity index (χ3v) is 2.32. The van der Waals surface area contributed by atoms with Crippen molar-refractivity contribution in [2.75, 3.05) is 26.2 Å². The van der Waals surface area contributed by atoms with E-state index in [9.17, 15) is 0 Å². The number of hydrogen-bond donors (Lipinski definition) is 2. The van der Waals surface area contributed by atoms with Gasteiger partial charge in [-0.2, -0.15) is 10.1 Å². The number of aromatic nitrogens is 1. The van der Waals surface area contributed by atoms with Crippen LogP contribution < -0.4 is 29.3 Å². The second kappa shape index (κ2) is 8.11. The maximum atomic E-state index is 8.99. The van der Waals surface area contributed by atoms with Crippen molar-refractivity contribution in [2.45, 2.75) is 0 Å². The van der Waals surface area contributed by atoms with E-state index in [1.165, 1.54) is 0 Å². The highest BCUT2D eigenvalue weighted by atomic mass is 127. The highest BCUT2D eigenvalue weighted by molar-refractivity contribution is 5.79. The molecule has 7 heteroatoms. The number of quaternary nitrogens is 1. The lowest BCUT2D eigenvalue weighted by atomic mass is 10.4. The van der Waals surface area contributed by atoms with Gasteiger partial charge < -0.3 is 29.1 Å². The van der Waals surface area contributed by atoms with Gasteiger partial charge in [0.15, 0.2) is 0 Å². The predicted octanol–water partition coefficient (Wildman–Crippen LogP) is -4.35. The monoisotopic (exact) mass is 361 g/mol. The Labute approximate surface area is 123 Å². The molecule has 0 spiro atoms. The number of aliphatic hydroxyl groups excluding tert-OH is 1. The van der Waals surface area contributed by atoms with Crippen LogP contribution >= 0.6 is 0 Å². The van der Waals surface area contributed by atoms with Gasteiger partial charge >= 0.3 is 5.96 Å². The summed E-state index contributed by atoms with van der Waals surface area (Å²) in [6, 6.07) is 5.64. The van der Waals surface area contributed by atoms with Gasteiger partial charge in [-0.25, -0.2) is 4.99 Å². The summed E-state index contributed by atoms with van der Waals surface area (Å²) in [5.74, 6) is 0.825. The molecule has 3 N–H and O–H groups in total. The Bertz CT molecular complexity index is 409. The molecular weight excluding hydrogens is 345 g/mol. The van der Waals surface area contributed by atoms with Crippen LogP contribution in [0.5, 0.6) is 0 Å². The minimum Gasteiger partial charge on any atom is -1.00 e. The first-order valence-corrected chi connectivity index (χ1v) is 5.61. The van der Waals surface area contributed by atoms with Crippen molar-refractivity contribution in [1.82, 2.24) is 9.99 Å². The molecule has 0 aromatic carbocycles. The number of guanidine groups is 1. The second-order valence-electron chi connectivity index (χ2n) is 3.58. The summed E-state index contributed by atoms with van der Waals surface area (Å²) in [4.78, 5) is 8.46. The van der Waals surface area contributed by atoms with Crippen LogP contribution in [0.2, 0.25) is 0 Å². The van der Waals surface area contributed by atoms with E-state index in [-0.39, 0.29) is 30.6 Å². The number of rotatable bonds is 4. The van der Waals surface area contributed by atoms with E-state index < -0.39 is 0 Å². The van der Waals surface area contributed by atoms with Crippen molar-refractivity contribution in [3.8, 4) is 0 Å². The molecule has 0 aliphatic carbocycles. The van der Waals surface area contributed by atoms with Crippen molar-refractivity contribution < 1.29 is 34.4 Å². The first-order valence-electron chi connectivity index (χ1n) is 5.61. The molecule has 0 saturated carbocycles. The lowest BCUT2D eigenvalue weighted by Gasteiger charge is -2.13. The Morgan fingerprint density at radius 3 is 3.00 bits per heavy atom. The average molecular weight is 361 g/mol. The fourth-order valence-electron chi connectivity index (χ4n) is 1.53. The lowest BCUT2D eigenvalue weighted by molar-refractivity contribution is -0.537. The zero-order valence-corrected chi connectivity index (χ0v) is 12.1. The predicted molar refractivity (Wildman–Crippen MR) is 64.7 cm³/mol. The molecular formula is C11H16IN5O. The molecule has 0 amide bonds. The summed E-state index contributed by atoms with van der Waals surface area (Å²) in [7, 11) is 0. The molecule has 18 heavy (non-hydrogen) atoms. The van der Waals surface area contributed by atoms with Gasteiger partial charge in [-0.1, -0.05) is 6.07 Å². The summed E-state index contributed by atoms with van der Waals surface area (Å²) in [5, 5.41) is 17.0. The van der Waals surface area contributed by atoms with E-state index in [0.29, 0.717) is 6.54 Å². The fourth-order valence-corrected chi connectivity index (χ4v) is 1.53. The molecule has 2 heterocycles. The molecule has 0 saturated heterocycles. The van der Waals surface area contributed by atoms with Gasteiger partial charge in [0.2, 0.25) is 0 Å². The highest BCUT2D eigenvalue weighted by Crippen LogP contribution is 1.94. The maximum absolute atomic E-state index is 8.99. The molecule has 0 fully saturated rings. The zero-order chi connectivity index (χ0) is 11.9. The number of nitrogens with zero attached hydrogens (tertiary/aromatic N) is 4. The molecule has 1 aromatic rings. The highest BCUT2D eigenvalue weighted by Gasteiger charge is 2.17. The van der Waals surface area contributed by atoms with Gasteiger partial charge in [0.05, 0.1) is 31.6 Å². The largest absolute Gasteiger partial charge is 1.00 e. The van der Waals surface area contributed by atoms with E-state index in [2.05, 4.69) is 15.1 Å². The summed E-state index contributed by atoms with van der Waals surface area (Å²) >= 11 is 0. The Hall–Kier alpha value is -1.06. The van der Waals surface area contributed by atoms with Crippen LogP contribution in [-0.2, 0) is 0 Å². The maximum Gasteiger partial charge on any atom is 0.317 e. The van der Waals surface area contributed by atoms with Gasteiger partial charge in [0.25, 0.3) is 0 Å². The number of hydrazone groups is 1. The van der Waals surface area contributed by atoms with E-state index in [1.54, 1.807) is 17.4 Å². The van der Waals surface area contributed by atoms with Gasteiger partial charge in [-0.3, -0.25) is 10.3 Å². The summed E-state index contributed by atoms with van der Waals surface area (Å²) in [6.07, 6.45) is 3.39. The van der Waals surface area contributed by atoms with E-state index in [4.69, 9.17) is 5.11 Å². The quantitative estimate of drug-likeness (QED) is 0.323. The summed E-state index contributed by atoms with van der Waals surface area (Å²) < 4.78 is 0. The molecule has 98 valence electrons. The molecule has 6 nitrogen and oxygen atoms in total. The van der Waals surface area contributed by atoms with Crippen molar-refractivity contribution in [3.63, 3.8) is 0 Å². The normalized spacial score (nSPS) is 14.4. The minimum atomic E-state index is 0. The average Bonchev–Trinajstić information content (AvgIpc) is 2.89. The van der Waals surface area contributed by atoms with Crippen molar-refractivity contribution in [1.29, 1.82) is 0 Å². The smallest absolute Gasteiger partial charge is 0.317 e. The minimum absolute atomic E-state index is 0. The Morgan fingerprint density at radius 2 is 2.39 bits per heavy atom. The molecule has 2 rings (SSSR count). The molecule has 0 bridgehead atoms. The standard InChI is InChI=1S/C11H15N5O.HI/c17-8-7-16(11-13-5-6-14-11)15-9-10-3-1-2-4-12-10;/h1-4,9,17H,5-8H2,(H,13,14);1H/b15-9+;. The summed E-state index contributed by atoms with van der Waals surface area (Å²) in [6.45, 7) is 2.23. The third-order valence-electron chi connectivity index (χ3n) is 2.32. The molecule has 0 atom stereocenters. The van der Waals surface area contributed by atoms with Crippen molar-refractivity contribution in [3.05, 3.63) is 30.1 Å². The Morgan fingerprint density at radius 1 is 1.50 bits per heavy atom. The topological polar surface area (TPSA) is 77.7 Å². The SMILES string of the molecule is OCCN(/N=C/c1ccccn1)C1=NCC[NH2+]1.[I-]. The molecule has 0 radical (unpaired) electrons. The third kappa shape index (κ3) is 4.31. The number of pyridine rings is 1. The Kier molecular flexibility index (Phi) is 6.76. The Balaban J connectivity index is 0.00000162. The van der Waals surface area contributed by atoms with Crippen LogP contribution in [0.15, 0.2) is 34.5 Å². The summed E-state index contributed by atoms with van der Waals surface area (Å²) in [5.41, 5.74) is 0.786. The molecule has 1 aliphatic heterocycles. The fraction of sp³-hybridized carbons (Fsp3) is 0.364. The number of nitrogens with two attached hydrogens (primary N) is 1. The van der Waals surface area contributed by atoms with Gasteiger partial charge in [-0.15, -0.1) is 0 Å². The first-order chi connectivity index (χ1) is 8.40. The molecule has 0 unspecified atom stereocenters. The first kappa shape index (κ1) is 15.0. The lowest BCUT2D eigenvalue weighted by Crippen LogP contribution is -3.00. The van der Waals surface area contributed by atoms with Crippen LogP contribution in [0.25, 0.3) is 0 Å². The van der Waals surface area contributed by atoms with Crippen LogP contribution in [-0.4, -0.2) is 53.5 Å².